The SMILES string of the molecule is Cc1nn(C)c(C)c1C1C(N)CCC(=O)N1CC(C)C. The number of rotatable bonds is 3. The summed E-state index contributed by atoms with van der Waals surface area (Å²) >= 11 is 0. The summed E-state index contributed by atoms with van der Waals surface area (Å²) in [7, 11) is 1.94. The lowest BCUT2D eigenvalue weighted by Gasteiger charge is -2.41. The molecule has 5 heteroatoms. The number of hydrogen-bond donors (Lipinski definition) is 1. The molecule has 20 heavy (non-hydrogen) atoms. The number of carbonyl (C=O) groups is 1. The van der Waals surface area contributed by atoms with E-state index in [1.807, 2.05) is 23.6 Å². The van der Waals surface area contributed by atoms with Crippen molar-refractivity contribution in [2.75, 3.05) is 6.54 Å². The summed E-state index contributed by atoms with van der Waals surface area (Å²) < 4.78 is 1.88. The third-order valence-electron chi connectivity index (χ3n) is 4.18. The zero-order valence-corrected chi connectivity index (χ0v) is 13.2. The predicted molar refractivity (Wildman–Crippen MR) is 79.2 cm³/mol. The van der Waals surface area contributed by atoms with Gasteiger partial charge in [0.2, 0.25) is 5.91 Å². The van der Waals surface area contributed by atoms with E-state index < -0.39 is 0 Å². The first-order valence-electron chi connectivity index (χ1n) is 7.38. The van der Waals surface area contributed by atoms with E-state index in [1.165, 1.54) is 0 Å². The number of aryl methyl sites for hydroxylation is 2. The minimum Gasteiger partial charge on any atom is -0.334 e. The molecule has 0 aliphatic carbocycles. The highest BCUT2D eigenvalue weighted by Gasteiger charge is 2.37. The molecule has 2 rings (SSSR count). The molecule has 0 bridgehead atoms. The highest BCUT2D eigenvalue weighted by atomic mass is 16.2. The van der Waals surface area contributed by atoms with Gasteiger partial charge in [-0.1, -0.05) is 13.8 Å². The van der Waals surface area contributed by atoms with E-state index in [9.17, 15) is 4.79 Å². The number of nitrogens with zero attached hydrogens (tertiary/aromatic N) is 3. The second-order valence-corrected chi connectivity index (χ2v) is 6.30. The minimum absolute atomic E-state index is 0.00644. The van der Waals surface area contributed by atoms with Crippen molar-refractivity contribution < 1.29 is 4.79 Å². The van der Waals surface area contributed by atoms with Gasteiger partial charge in [-0.15, -0.1) is 0 Å². The largest absolute Gasteiger partial charge is 0.334 e. The van der Waals surface area contributed by atoms with Crippen LogP contribution in [0.2, 0.25) is 0 Å². The second kappa shape index (κ2) is 5.56. The fourth-order valence-corrected chi connectivity index (χ4v) is 3.17. The molecule has 1 saturated heterocycles. The van der Waals surface area contributed by atoms with Crippen LogP contribution < -0.4 is 5.73 Å². The summed E-state index contributed by atoms with van der Waals surface area (Å²) in [5.74, 6) is 0.650. The minimum atomic E-state index is -0.0349. The Morgan fingerprint density at radius 2 is 2.05 bits per heavy atom. The molecule has 0 radical (unpaired) electrons. The van der Waals surface area contributed by atoms with E-state index in [2.05, 4.69) is 25.9 Å². The van der Waals surface area contributed by atoms with Crippen LogP contribution in [0.15, 0.2) is 0 Å². The quantitative estimate of drug-likeness (QED) is 0.915. The van der Waals surface area contributed by atoms with Gasteiger partial charge >= 0.3 is 0 Å². The van der Waals surface area contributed by atoms with Crippen molar-refractivity contribution in [3.05, 3.63) is 17.0 Å². The molecule has 0 spiro atoms. The van der Waals surface area contributed by atoms with Crippen molar-refractivity contribution in [1.29, 1.82) is 0 Å². The van der Waals surface area contributed by atoms with Crippen molar-refractivity contribution in [3.8, 4) is 0 Å². The maximum absolute atomic E-state index is 12.3. The van der Waals surface area contributed by atoms with Crippen LogP contribution in [0, 0.1) is 19.8 Å². The Bertz CT molecular complexity index is 506. The average molecular weight is 278 g/mol. The van der Waals surface area contributed by atoms with Crippen molar-refractivity contribution in [2.24, 2.45) is 18.7 Å². The fourth-order valence-electron chi connectivity index (χ4n) is 3.17. The van der Waals surface area contributed by atoms with E-state index in [-0.39, 0.29) is 18.0 Å². The van der Waals surface area contributed by atoms with Crippen LogP contribution in [0.25, 0.3) is 0 Å². The van der Waals surface area contributed by atoms with Crippen molar-refractivity contribution in [1.82, 2.24) is 14.7 Å². The van der Waals surface area contributed by atoms with Crippen molar-refractivity contribution in [2.45, 2.75) is 52.6 Å². The zero-order chi connectivity index (χ0) is 15.0. The maximum atomic E-state index is 12.3. The molecular formula is C15H26N4O. The van der Waals surface area contributed by atoms with Crippen LogP contribution in [0.5, 0.6) is 0 Å². The lowest BCUT2D eigenvalue weighted by atomic mass is 9.88. The summed E-state index contributed by atoms with van der Waals surface area (Å²) in [6.07, 6.45) is 1.31. The molecule has 0 saturated carbocycles. The fraction of sp³-hybridized carbons (Fsp3) is 0.733. The zero-order valence-electron chi connectivity index (χ0n) is 13.2. The van der Waals surface area contributed by atoms with Gasteiger partial charge in [-0.2, -0.15) is 5.10 Å². The van der Waals surface area contributed by atoms with Crippen molar-refractivity contribution in [3.63, 3.8) is 0 Å². The molecule has 5 nitrogen and oxygen atoms in total. The lowest BCUT2D eigenvalue weighted by molar-refractivity contribution is -0.138. The molecule has 2 N–H and O–H groups in total. The van der Waals surface area contributed by atoms with Gasteiger partial charge in [0.05, 0.1) is 11.7 Å². The first-order valence-corrected chi connectivity index (χ1v) is 7.38. The first-order chi connectivity index (χ1) is 9.32. The van der Waals surface area contributed by atoms with E-state index in [0.29, 0.717) is 12.3 Å². The van der Waals surface area contributed by atoms with Gasteiger partial charge in [0.1, 0.15) is 0 Å². The van der Waals surface area contributed by atoms with Crippen LogP contribution in [0.1, 0.15) is 49.7 Å². The standard InChI is InChI=1S/C15H26N4O/c1-9(2)8-19-13(20)7-6-12(16)15(19)14-10(3)17-18(5)11(14)4/h9,12,15H,6-8,16H2,1-5H3. The molecule has 2 heterocycles. The molecule has 2 atom stereocenters. The molecule has 112 valence electrons. The van der Waals surface area contributed by atoms with Crippen LogP contribution in [0.3, 0.4) is 0 Å². The first kappa shape index (κ1) is 15.0. The van der Waals surface area contributed by atoms with Gasteiger partial charge in [-0.05, 0) is 26.2 Å². The Morgan fingerprint density at radius 3 is 2.55 bits per heavy atom. The normalized spacial score (nSPS) is 23.8. The Labute approximate surface area is 121 Å². The lowest BCUT2D eigenvalue weighted by Crippen LogP contribution is -2.50. The topological polar surface area (TPSA) is 64.2 Å². The Kier molecular flexibility index (Phi) is 4.18. The molecule has 1 amide bonds. The van der Waals surface area contributed by atoms with E-state index in [4.69, 9.17) is 5.73 Å². The predicted octanol–water partition coefficient (Wildman–Crippen LogP) is 1.68. The van der Waals surface area contributed by atoms with Crippen LogP contribution in [0.4, 0.5) is 0 Å². The average Bonchev–Trinajstić information content (AvgIpc) is 2.59. The van der Waals surface area contributed by atoms with E-state index in [0.717, 1.165) is 29.9 Å². The number of aromatic nitrogens is 2. The molecular weight excluding hydrogens is 252 g/mol. The summed E-state index contributed by atoms with van der Waals surface area (Å²) in [5.41, 5.74) is 9.57. The van der Waals surface area contributed by atoms with Gasteiger partial charge < -0.3 is 10.6 Å². The monoisotopic (exact) mass is 278 g/mol. The Balaban J connectivity index is 2.44. The molecule has 2 unspecified atom stereocenters. The molecule has 0 aromatic carbocycles. The van der Waals surface area contributed by atoms with Crippen molar-refractivity contribution >= 4 is 5.91 Å². The third-order valence-corrected chi connectivity index (χ3v) is 4.18. The highest BCUT2D eigenvalue weighted by molar-refractivity contribution is 5.78. The van der Waals surface area contributed by atoms with Crippen LogP contribution in [-0.2, 0) is 11.8 Å². The summed E-state index contributed by atoms with van der Waals surface area (Å²) in [6.45, 7) is 9.07. The number of piperidine rings is 1. The molecule has 1 aliphatic heterocycles. The Morgan fingerprint density at radius 1 is 1.40 bits per heavy atom. The van der Waals surface area contributed by atoms with Gasteiger partial charge in [0.15, 0.2) is 0 Å². The number of carbonyl (C=O) groups excluding carboxylic acids is 1. The van der Waals surface area contributed by atoms with Crippen LogP contribution in [-0.4, -0.2) is 33.2 Å². The second-order valence-electron chi connectivity index (χ2n) is 6.30. The van der Waals surface area contributed by atoms with Gasteiger partial charge in [0.25, 0.3) is 0 Å². The number of likely N-dealkylation sites (tertiary alicyclic amines) is 1. The number of hydrogen-bond acceptors (Lipinski definition) is 3. The van der Waals surface area contributed by atoms with Gasteiger partial charge in [0, 0.05) is 37.3 Å². The Hall–Kier alpha value is -1.36. The third kappa shape index (κ3) is 2.59. The smallest absolute Gasteiger partial charge is 0.223 e. The molecule has 1 aromatic heterocycles. The number of amides is 1. The van der Waals surface area contributed by atoms with E-state index >= 15 is 0 Å². The van der Waals surface area contributed by atoms with E-state index in [1.54, 1.807) is 0 Å². The van der Waals surface area contributed by atoms with Gasteiger partial charge in [-0.3, -0.25) is 9.48 Å². The highest BCUT2D eigenvalue weighted by Crippen LogP contribution is 2.34. The summed E-state index contributed by atoms with van der Waals surface area (Å²) in [6, 6.07) is -0.0413. The molecule has 1 aromatic rings. The summed E-state index contributed by atoms with van der Waals surface area (Å²) in [4.78, 5) is 14.3. The molecule has 1 aliphatic rings. The summed E-state index contributed by atoms with van der Waals surface area (Å²) in [5, 5.41) is 4.48. The van der Waals surface area contributed by atoms with Crippen LogP contribution >= 0.6 is 0 Å². The number of nitrogens with two attached hydrogens (primary N) is 1. The maximum Gasteiger partial charge on any atom is 0.223 e. The van der Waals surface area contributed by atoms with Gasteiger partial charge in [-0.25, -0.2) is 0 Å². The molecule has 1 fully saturated rings.